The van der Waals surface area contributed by atoms with Crippen molar-refractivity contribution in [2.75, 3.05) is 13.1 Å². The minimum atomic E-state index is -4.14. The number of carbonyl (C=O) groups is 1. The first kappa shape index (κ1) is 13.0. The van der Waals surface area contributed by atoms with E-state index >= 15 is 0 Å². The van der Waals surface area contributed by atoms with E-state index in [9.17, 15) is 18.0 Å². The van der Waals surface area contributed by atoms with Crippen LogP contribution in [-0.4, -0.2) is 30.1 Å². The summed E-state index contributed by atoms with van der Waals surface area (Å²) in [6.45, 7) is -0.214. The van der Waals surface area contributed by atoms with Gasteiger partial charge in [0.05, 0.1) is 11.3 Å². The molecule has 0 aromatic carbocycles. The molecule has 1 amide bonds. The number of hydrogen-bond acceptors (Lipinski definition) is 1. The Labute approximate surface area is 116 Å². The zero-order valence-corrected chi connectivity index (χ0v) is 11.5. The Hall–Kier alpha value is -0.740. The van der Waals surface area contributed by atoms with E-state index in [4.69, 9.17) is 0 Å². The van der Waals surface area contributed by atoms with Crippen LogP contribution < -0.4 is 0 Å². The largest absolute Gasteiger partial charge is 0.395 e. The van der Waals surface area contributed by atoms with Crippen molar-refractivity contribution in [3.8, 4) is 0 Å². The van der Waals surface area contributed by atoms with Crippen molar-refractivity contribution in [2.45, 2.75) is 44.7 Å². The lowest BCUT2D eigenvalue weighted by Crippen LogP contribution is -2.62. The highest BCUT2D eigenvalue weighted by Crippen LogP contribution is 2.61. The van der Waals surface area contributed by atoms with Crippen molar-refractivity contribution in [2.24, 2.45) is 29.1 Å². The number of hydrogen-bond donors (Lipinski definition) is 0. The maximum atomic E-state index is 12.7. The molecule has 5 fully saturated rings. The van der Waals surface area contributed by atoms with Crippen LogP contribution in [-0.2, 0) is 4.79 Å². The molecule has 5 heteroatoms. The molecule has 5 aliphatic rings. The predicted molar refractivity (Wildman–Crippen MR) is 66.7 cm³/mol. The van der Waals surface area contributed by atoms with Gasteiger partial charge in [-0.2, -0.15) is 13.2 Å². The number of nitrogens with zero attached hydrogens (tertiary/aromatic N) is 1. The fourth-order valence-electron chi connectivity index (χ4n) is 5.56. The second-order valence-electron chi connectivity index (χ2n) is 7.65. The lowest BCUT2D eigenvalue weighted by molar-refractivity contribution is -0.216. The summed E-state index contributed by atoms with van der Waals surface area (Å²) >= 11 is 0. The molecule has 0 spiro atoms. The van der Waals surface area contributed by atoms with E-state index in [0.29, 0.717) is 17.8 Å². The summed E-state index contributed by atoms with van der Waals surface area (Å²) in [5.74, 6) is 0.720. The van der Waals surface area contributed by atoms with Crippen LogP contribution in [0.25, 0.3) is 0 Å². The minimum Gasteiger partial charge on any atom is -0.341 e. The fourth-order valence-corrected chi connectivity index (χ4v) is 5.56. The van der Waals surface area contributed by atoms with Crippen molar-refractivity contribution >= 4 is 5.91 Å². The van der Waals surface area contributed by atoms with E-state index in [1.54, 1.807) is 0 Å². The standard InChI is InChI=1S/C15H20F3NO/c16-15(17,18)12-7-19(8-12)13(20)14-4-9-1-10(5-14)3-11(2-9)6-14/h9-12H,1-8H2. The van der Waals surface area contributed by atoms with E-state index in [1.807, 2.05) is 0 Å². The Morgan fingerprint density at radius 3 is 1.80 bits per heavy atom. The van der Waals surface area contributed by atoms with Gasteiger partial charge in [0, 0.05) is 13.1 Å². The van der Waals surface area contributed by atoms with Crippen LogP contribution in [0.3, 0.4) is 0 Å². The van der Waals surface area contributed by atoms with Gasteiger partial charge in [0.1, 0.15) is 0 Å². The molecule has 4 bridgehead atoms. The van der Waals surface area contributed by atoms with Crippen molar-refractivity contribution < 1.29 is 18.0 Å². The number of likely N-dealkylation sites (tertiary alicyclic amines) is 1. The molecule has 5 rings (SSSR count). The van der Waals surface area contributed by atoms with Gasteiger partial charge in [-0.1, -0.05) is 0 Å². The molecule has 0 radical (unpaired) electrons. The van der Waals surface area contributed by atoms with Gasteiger partial charge in [0.2, 0.25) is 5.91 Å². The number of halogens is 3. The lowest BCUT2D eigenvalue weighted by Gasteiger charge is -2.58. The van der Waals surface area contributed by atoms with Crippen molar-refractivity contribution in [1.82, 2.24) is 4.90 Å². The normalized spacial score (nSPS) is 43.8. The van der Waals surface area contributed by atoms with Gasteiger partial charge in [-0.25, -0.2) is 0 Å². The molecule has 1 aliphatic heterocycles. The van der Waals surface area contributed by atoms with Gasteiger partial charge in [-0.3, -0.25) is 4.79 Å². The van der Waals surface area contributed by atoms with Gasteiger partial charge in [-0.15, -0.1) is 0 Å². The molecule has 4 aliphatic carbocycles. The summed E-state index contributed by atoms with van der Waals surface area (Å²) in [7, 11) is 0. The van der Waals surface area contributed by atoms with E-state index in [-0.39, 0.29) is 24.4 Å². The van der Waals surface area contributed by atoms with Gasteiger partial charge in [0.25, 0.3) is 0 Å². The number of alkyl halides is 3. The average Bonchev–Trinajstić information content (AvgIpc) is 2.22. The zero-order valence-electron chi connectivity index (χ0n) is 11.5. The number of amides is 1. The lowest BCUT2D eigenvalue weighted by atomic mass is 9.49. The van der Waals surface area contributed by atoms with E-state index in [1.165, 1.54) is 24.2 Å². The third kappa shape index (κ3) is 1.81. The molecule has 112 valence electrons. The third-order valence-electron chi connectivity index (χ3n) is 6.12. The zero-order chi connectivity index (χ0) is 14.1. The van der Waals surface area contributed by atoms with Gasteiger partial charge in [0.15, 0.2) is 0 Å². The summed E-state index contributed by atoms with van der Waals surface area (Å²) in [5, 5.41) is 0. The molecule has 0 N–H and O–H groups in total. The Kier molecular flexibility index (Phi) is 2.54. The van der Waals surface area contributed by atoms with Crippen LogP contribution in [0.5, 0.6) is 0 Å². The SMILES string of the molecule is O=C(N1CC(C(F)(F)F)C1)C12CC3CC(CC(C3)C1)C2. The maximum Gasteiger partial charge on any atom is 0.395 e. The van der Waals surface area contributed by atoms with Gasteiger partial charge < -0.3 is 4.90 Å². The Morgan fingerprint density at radius 2 is 1.40 bits per heavy atom. The summed E-state index contributed by atoms with van der Waals surface area (Å²) in [6, 6.07) is 0. The molecular weight excluding hydrogens is 267 g/mol. The second-order valence-corrected chi connectivity index (χ2v) is 7.65. The summed E-state index contributed by atoms with van der Waals surface area (Å²) in [6.07, 6.45) is 2.41. The minimum absolute atomic E-state index is 0.0390. The predicted octanol–water partition coefficient (Wildman–Crippen LogP) is 3.22. The Bertz CT molecular complexity index is 404. The molecule has 0 unspecified atom stereocenters. The molecule has 1 heterocycles. The highest BCUT2D eigenvalue weighted by atomic mass is 19.4. The van der Waals surface area contributed by atoms with Crippen molar-refractivity contribution in [1.29, 1.82) is 0 Å². The van der Waals surface area contributed by atoms with Gasteiger partial charge in [-0.05, 0) is 56.3 Å². The van der Waals surface area contributed by atoms with Crippen LogP contribution in [0.4, 0.5) is 13.2 Å². The Balaban J connectivity index is 1.47. The topological polar surface area (TPSA) is 20.3 Å². The van der Waals surface area contributed by atoms with Crippen molar-refractivity contribution in [3.63, 3.8) is 0 Å². The molecule has 4 saturated carbocycles. The fraction of sp³-hybridized carbons (Fsp3) is 0.933. The van der Waals surface area contributed by atoms with Crippen LogP contribution in [0, 0.1) is 29.1 Å². The van der Waals surface area contributed by atoms with E-state index in [2.05, 4.69) is 0 Å². The maximum absolute atomic E-state index is 12.7. The van der Waals surface area contributed by atoms with E-state index < -0.39 is 12.1 Å². The van der Waals surface area contributed by atoms with Crippen LogP contribution in [0.1, 0.15) is 38.5 Å². The van der Waals surface area contributed by atoms with E-state index in [0.717, 1.165) is 19.3 Å². The first-order valence-corrected chi connectivity index (χ1v) is 7.72. The smallest absolute Gasteiger partial charge is 0.341 e. The quantitative estimate of drug-likeness (QED) is 0.725. The first-order chi connectivity index (χ1) is 9.36. The van der Waals surface area contributed by atoms with Crippen LogP contribution in [0.15, 0.2) is 0 Å². The monoisotopic (exact) mass is 287 g/mol. The second kappa shape index (κ2) is 3.92. The highest BCUT2D eigenvalue weighted by Gasteiger charge is 2.58. The molecule has 2 nitrogen and oxygen atoms in total. The Morgan fingerprint density at radius 1 is 0.950 bits per heavy atom. The van der Waals surface area contributed by atoms with Gasteiger partial charge >= 0.3 is 6.18 Å². The summed E-state index contributed by atoms with van der Waals surface area (Å²) in [4.78, 5) is 14.2. The first-order valence-electron chi connectivity index (χ1n) is 7.72. The molecule has 0 aromatic rings. The molecule has 20 heavy (non-hydrogen) atoms. The van der Waals surface area contributed by atoms with Crippen molar-refractivity contribution in [3.05, 3.63) is 0 Å². The number of rotatable bonds is 1. The molecular formula is C15H20F3NO. The molecule has 1 saturated heterocycles. The number of carbonyl (C=O) groups excluding carboxylic acids is 1. The average molecular weight is 287 g/mol. The van der Waals surface area contributed by atoms with Crippen LogP contribution >= 0.6 is 0 Å². The third-order valence-corrected chi connectivity index (χ3v) is 6.12. The van der Waals surface area contributed by atoms with Crippen LogP contribution in [0.2, 0.25) is 0 Å². The molecule has 0 aromatic heterocycles. The summed E-state index contributed by atoms with van der Waals surface area (Å²) in [5.41, 5.74) is -0.286. The summed E-state index contributed by atoms with van der Waals surface area (Å²) < 4.78 is 37.7. The highest BCUT2D eigenvalue weighted by molar-refractivity contribution is 5.84. The molecule has 0 atom stereocenters.